The molecular formula is C16H24BrNS. The van der Waals surface area contributed by atoms with E-state index in [1.807, 2.05) is 0 Å². The molecule has 1 atom stereocenters. The standard InChI is InChI=1S/C16H24BrNS/c1-2-13(18)10-12-8-9-15(11-16(12)17)19-14-6-4-3-5-7-14/h8-9,11,13-14H,2-7,10,18H2,1H3. The van der Waals surface area contributed by atoms with Gasteiger partial charge >= 0.3 is 0 Å². The molecule has 3 heteroatoms. The second-order valence-corrected chi connectivity index (χ2v) is 7.73. The van der Waals surface area contributed by atoms with E-state index < -0.39 is 0 Å². The Morgan fingerprint density at radius 2 is 2.05 bits per heavy atom. The Balaban J connectivity index is 1.97. The third kappa shape index (κ3) is 4.80. The molecule has 1 aromatic rings. The lowest BCUT2D eigenvalue weighted by Gasteiger charge is -2.21. The van der Waals surface area contributed by atoms with Crippen molar-refractivity contribution >= 4 is 27.7 Å². The highest BCUT2D eigenvalue weighted by molar-refractivity contribution is 9.10. The second-order valence-electron chi connectivity index (χ2n) is 5.50. The van der Waals surface area contributed by atoms with Gasteiger partial charge in [0.25, 0.3) is 0 Å². The van der Waals surface area contributed by atoms with Crippen molar-refractivity contribution in [3.05, 3.63) is 28.2 Å². The number of benzene rings is 1. The number of thioether (sulfide) groups is 1. The van der Waals surface area contributed by atoms with Crippen LogP contribution in [0, 0.1) is 0 Å². The normalized spacial score (nSPS) is 18.5. The molecule has 1 saturated carbocycles. The maximum Gasteiger partial charge on any atom is 0.0219 e. The van der Waals surface area contributed by atoms with Crippen LogP contribution in [0.25, 0.3) is 0 Å². The maximum absolute atomic E-state index is 6.04. The molecule has 1 aliphatic rings. The highest BCUT2D eigenvalue weighted by Gasteiger charge is 2.15. The van der Waals surface area contributed by atoms with Crippen LogP contribution in [0.1, 0.15) is 51.0 Å². The lowest BCUT2D eigenvalue weighted by Crippen LogP contribution is -2.21. The Morgan fingerprint density at radius 3 is 2.68 bits per heavy atom. The van der Waals surface area contributed by atoms with E-state index in [1.54, 1.807) is 0 Å². The Morgan fingerprint density at radius 1 is 1.32 bits per heavy atom. The van der Waals surface area contributed by atoms with E-state index >= 15 is 0 Å². The molecule has 1 aromatic carbocycles. The Kier molecular flexibility index (Phi) is 6.24. The minimum absolute atomic E-state index is 0.271. The summed E-state index contributed by atoms with van der Waals surface area (Å²) in [4.78, 5) is 1.40. The average molecular weight is 342 g/mol. The molecule has 0 saturated heterocycles. The largest absolute Gasteiger partial charge is 0.327 e. The van der Waals surface area contributed by atoms with E-state index in [0.717, 1.165) is 18.1 Å². The molecule has 1 aliphatic carbocycles. The quantitative estimate of drug-likeness (QED) is 0.800. The molecule has 0 amide bonds. The first kappa shape index (κ1) is 15.4. The van der Waals surface area contributed by atoms with Crippen molar-refractivity contribution in [3.8, 4) is 0 Å². The van der Waals surface area contributed by atoms with E-state index in [4.69, 9.17) is 5.73 Å². The first-order valence-electron chi connectivity index (χ1n) is 7.39. The topological polar surface area (TPSA) is 26.0 Å². The highest BCUT2D eigenvalue weighted by atomic mass is 79.9. The van der Waals surface area contributed by atoms with Gasteiger partial charge in [-0.3, -0.25) is 0 Å². The number of rotatable bonds is 5. The van der Waals surface area contributed by atoms with Crippen molar-refractivity contribution < 1.29 is 0 Å². The van der Waals surface area contributed by atoms with Crippen molar-refractivity contribution in [2.24, 2.45) is 5.73 Å². The fourth-order valence-electron chi connectivity index (χ4n) is 2.57. The third-order valence-electron chi connectivity index (χ3n) is 3.89. The molecular weight excluding hydrogens is 318 g/mol. The Labute approximate surface area is 129 Å². The van der Waals surface area contributed by atoms with Gasteiger partial charge in [0.05, 0.1) is 0 Å². The van der Waals surface area contributed by atoms with Crippen LogP contribution in [0.15, 0.2) is 27.6 Å². The molecule has 0 aromatic heterocycles. The summed E-state index contributed by atoms with van der Waals surface area (Å²) in [5.74, 6) is 0. The molecule has 2 rings (SSSR count). The van der Waals surface area contributed by atoms with Gasteiger partial charge in [-0.2, -0.15) is 0 Å². The van der Waals surface area contributed by atoms with Crippen LogP contribution in [0.3, 0.4) is 0 Å². The summed E-state index contributed by atoms with van der Waals surface area (Å²) in [6.07, 6.45) is 8.99. The fraction of sp³-hybridized carbons (Fsp3) is 0.625. The molecule has 1 nitrogen and oxygen atoms in total. The molecule has 0 bridgehead atoms. The Hall–Kier alpha value is 0.01000. The number of hydrogen-bond acceptors (Lipinski definition) is 2. The summed E-state index contributed by atoms with van der Waals surface area (Å²) in [5, 5.41) is 0.824. The predicted octanol–water partition coefficient (Wildman–Crippen LogP) is 5.15. The number of hydrogen-bond donors (Lipinski definition) is 1. The van der Waals surface area contributed by atoms with Crippen LogP contribution in [0.4, 0.5) is 0 Å². The summed E-state index contributed by atoms with van der Waals surface area (Å²) < 4.78 is 1.22. The molecule has 0 aliphatic heterocycles. The van der Waals surface area contributed by atoms with Crippen molar-refractivity contribution in [1.82, 2.24) is 0 Å². The van der Waals surface area contributed by atoms with Crippen LogP contribution < -0.4 is 5.73 Å². The lowest BCUT2D eigenvalue weighted by molar-refractivity contribution is 0.516. The van der Waals surface area contributed by atoms with Crippen LogP contribution in [0.2, 0.25) is 0 Å². The van der Waals surface area contributed by atoms with Crippen molar-refractivity contribution in [2.45, 2.75) is 68.1 Å². The summed E-state index contributed by atoms with van der Waals surface area (Å²) in [6.45, 7) is 2.14. The minimum Gasteiger partial charge on any atom is -0.327 e. The maximum atomic E-state index is 6.04. The van der Waals surface area contributed by atoms with Crippen molar-refractivity contribution in [2.75, 3.05) is 0 Å². The molecule has 1 unspecified atom stereocenters. The van der Waals surface area contributed by atoms with E-state index in [-0.39, 0.29) is 6.04 Å². The van der Waals surface area contributed by atoms with Gasteiger partial charge in [0.15, 0.2) is 0 Å². The van der Waals surface area contributed by atoms with Gasteiger partial charge in [0, 0.05) is 20.7 Å². The first-order valence-corrected chi connectivity index (χ1v) is 9.07. The van der Waals surface area contributed by atoms with Gasteiger partial charge in [0.2, 0.25) is 0 Å². The molecule has 0 radical (unpaired) electrons. The molecule has 0 spiro atoms. The lowest BCUT2D eigenvalue weighted by atomic mass is 10.0. The zero-order chi connectivity index (χ0) is 13.7. The van der Waals surface area contributed by atoms with Crippen molar-refractivity contribution in [1.29, 1.82) is 0 Å². The molecule has 0 heterocycles. The summed E-state index contributed by atoms with van der Waals surface area (Å²) in [5.41, 5.74) is 7.37. The summed E-state index contributed by atoms with van der Waals surface area (Å²) in [6, 6.07) is 7.05. The van der Waals surface area contributed by atoms with Gasteiger partial charge in [-0.25, -0.2) is 0 Å². The zero-order valence-corrected chi connectivity index (χ0v) is 14.1. The second kappa shape index (κ2) is 7.70. The number of nitrogens with two attached hydrogens (primary N) is 1. The van der Waals surface area contributed by atoms with Gasteiger partial charge < -0.3 is 5.73 Å². The SMILES string of the molecule is CCC(N)Cc1ccc(SC2CCCCC2)cc1Br. The van der Waals surface area contributed by atoms with Crippen LogP contribution >= 0.6 is 27.7 Å². The smallest absolute Gasteiger partial charge is 0.0219 e. The van der Waals surface area contributed by atoms with Gasteiger partial charge in [-0.15, -0.1) is 11.8 Å². The minimum atomic E-state index is 0.271. The van der Waals surface area contributed by atoms with E-state index in [1.165, 1.54) is 47.0 Å². The average Bonchev–Trinajstić information content (AvgIpc) is 2.43. The fourth-order valence-corrected chi connectivity index (χ4v) is 4.55. The predicted molar refractivity (Wildman–Crippen MR) is 88.8 cm³/mol. The van der Waals surface area contributed by atoms with Crippen LogP contribution in [-0.4, -0.2) is 11.3 Å². The van der Waals surface area contributed by atoms with Gasteiger partial charge in [-0.05, 0) is 43.4 Å². The third-order valence-corrected chi connectivity index (χ3v) is 5.96. The van der Waals surface area contributed by atoms with Crippen molar-refractivity contribution in [3.63, 3.8) is 0 Å². The molecule has 1 fully saturated rings. The van der Waals surface area contributed by atoms with E-state index in [2.05, 4.69) is 52.8 Å². The summed E-state index contributed by atoms with van der Waals surface area (Å²) in [7, 11) is 0. The monoisotopic (exact) mass is 341 g/mol. The van der Waals surface area contributed by atoms with Crippen LogP contribution in [0.5, 0.6) is 0 Å². The molecule has 19 heavy (non-hydrogen) atoms. The number of halogens is 1. The zero-order valence-electron chi connectivity index (χ0n) is 11.7. The Bertz CT molecular complexity index is 402. The molecule has 2 N–H and O–H groups in total. The van der Waals surface area contributed by atoms with Gasteiger partial charge in [-0.1, -0.05) is 48.2 Å². The van der Waals surface area contributed by atoms with E-state index in [0.29, 0.717) is 0 Å². The summed E-state index contributed by atoms with van der Waals surface area (Å²) >= 11 is 5.75. The van der Waals surface area contributed by atoms with Crippen LogP contribution in [-0.2, 0) is 6.42 Å². The molecule has 106 valence electrons. The van der Waals surface area contributed by atoms with E-state index in [9.17, 15) is 0 Å². The first-order chi connectivity index (χ1) is 9.19. The van der Waals surface area contributed by atoms with Gasteiger partial charge in [0.1, 0.15) is 0 Å². The highest BCUT2D eigenvalue weighted by Crippen LogP contribution is 2.35.